The van der Waals surface area contributed by atoms with Crippen molar-refractivity contribution < 1.29 is 14.4 Å². The fraction of sp³-hybridized carbons (Fsp3) is 0.200. The van der Waals surface area contributed by atoms with Gasteiger partial charge in [-0.2, -0.15) is 0 Å². The second-order valence-electron chi connectivity index (χ2n) is 7.82. The van der Waals surface area contributed by atoms with Gasteiger partial charge in [0.05, 0.1) is 11.1 Å². The van der Waals surface area contributed by atoms with Crippen molar-refractivity contribution in [1.29, 1.82) is 0 Å². The average molecular weight is 428 g/mol. The first-order chi connectivity index (χ1) is 15.5. The summed E-state index contributed by atoms with van der Waals surface area (Å²) in [4.78, 5) is 45.8. The normalized spacial score (nSPS) is 12.6. The third-order valence-corrected chi connectivity index (χ3v) is 5.43. The molecule has 0 radical (unpaired) electrons. The SMILES string of the molecule is CN(C)c1ncccc1CNC(=O)c1ccc2c(c1)C(=O)N(CCc1ccccc1)C2=O. The molecule has 1 aliphatic heterocycles. The zero-order valence-corrected chi connectivity index (χ0v) is 18.0. The van der Waals surface area contributed by atoms with Crippen molar-refractivity contribution in [2.45, 2.75) is 13.0 Å². The van der Waals surface area contributed by atoms with Gasteiger partial charge in [0.2, 0.25) is 0 Å². The van der Waals surface area contributed by atoms with Crippen LogP contribution < -0.4 is 10.2 Å². The Hall–Kier alpha value is -4.00. The molecule has 0 spiro atoms. The van der Waals surface area contributed by atoms with Crippen LogP contribution in [-0.4, -0.2) is 48.2 Å². The van der Waals surface area contributed by atoms with Crippen LogP contribution in [-0.2, 0) is 13.0 Å². The summed E-state index contributed by atoms with van der Waals surface area (Å²) < 4.78 is 0. The fourth-order valence-corrected chi connectivity index (χ4v) is 3.77. The number of fused-ring (bicyclic) bond motifs is 1. The molecule has 3 aromatic rings. The van der Waals surface area contributed by atoms with Gasteiger partial charge in [-0.3, -0.25) is 19.3 Å². The van der Waals surface area contributed by atoms with Crippen LogP contribution in [0.15, 0.2) is 66.9 Å². The van der Waals surface area contributed by atoms with Crippen molar-refractivity contribution in [2.24, 2.45) is 0 Å². The number of pyridine rings is 1. The van der Waals surface area contributed by atoms with Gasteiger partial charge in [-0.1, -0.05) is 36.4 Å². The predicted octanol–water partition coefficient (Wildman–Crippen LogP) is 2.92. The van der Waals surface area contributed by atoms with Crippen LogP contribution in [0.25, 0.3) is 0 Å². The van der Waals surface area contributed by atoms with Crippen molar-refractivity contribution in [3.8, 4) is 0 Å². The number of benzene rings is 2. The molecule has 3 amide bonds. The number of amides is 3. The fourth-order valence-electron chi connectivity index (χ4n) is 3.77. The summed E-state index contributed by atoms with van der Waals surface area (Å²) in [5, 5.41) is 2.87. The lowest BCUT2D eigenvalue weighted by Gasteiger charge is -2.16. The van der Waals surface area contributed by atoms with E-state index in [1.165, 1.54) is 11.0 Å². The molecule has 2 heterocycles. The molecule has 7 heteroatoms. The first-order valence-electron chi connectivity index (χ1n) is 10.4. The van der Waals surface area contributed by atoms with Crippen molar-refractivity contribution >= 4 is 23.5 Å². The van der Waals surface area contributed by atoms with Crippen LogP contribution in [0.2, 0.25) is 0 Å². The molecular formula is C25H24N4O3. The van der Waals surface area contributed by atoms with Crippen LogP contribution in [0, 0.1) is 0 Å². The third kappa shape index (κ3) is 4.23. The van der Waals surface area contributed by atoms with E-state index in [1.807, 2.05) is 61.5 Å². The number of aromatic nitrogens is 1. The predicted molar refractivity (Wildman–Crippen MR) is 122 cm³/mol. The van der Waals surface area contributed by atoms with Gasteiger partial charge < -0.3 is 10.2 Å². The number of rotatable bonds is 7. The minimum absolute atomic E-state index is 0.270. The first-order valence-corrected chi connectivity index (χ1v) is 10.4. The van der Waals surface area contributed by atoms with Gasteiger partial charge in [0.25, 0.3) is 17.7 Å². The molecular weight excluding hydrogens is 404 g/mol. The van der Waals surface area contributed by atoms with Gasteiger partial charge in [0.1, 0.15) is 5.82 Å². The molecule has 2 aromatic carbocycles. The van der Waals surface area contributed by atoms with Gasteiger partial charge in [-0.25, -0.2) is 4.98 Å². The molecule has 0 unspecified atom stereocenters. The maximum atomic E-state index is 12.9. The smallest absolute Gasteiger partial charge is 0.261 e. The van der Waals surface area contributed by atoms with Crippen LogP contribution in [0.4, 0.5) is 5.82 Å². The number of nitrogens with one attached hydrogen (secondary N) is 1. The molecule has 1 aliphatic rings. The maximum Gasteiger partial charge on any atom is 0.261 e. The minimum atomic E-state index is -0.363. The van der Waals surface area contributed by atoms with Gasteiger partial charge >= 0.3 is 0 Å². The number of imide groups is 1. The standard InChI is InChI=1S/C25H24N4O3/c1-28(2)22-19(9-6-13-26-22)16-27-23(30)18-10-11-20-21(15-18)25(32)29(24(20)31)14-12-17-7-4-3-5-8-17/h3-11,13,15H,12,14,16H2,1-2H3,(H,27,30). The van der Waals surface area contributed by atoms with Gasteiger partial charge in [-0.05, 0) is 36.2 Å². The molecule has 0 saturated carbocycles. The highest BCUT2D eigenvalue weighted by molar-refractivity contribution is 6.22. The highest BCUT2D eigenvalue weighted by Crippen LogP contribution is 2.24. The Labute approximate surface area is 186 Å². The highest BCUT2D eigenvalue weighted by atomic mass is 16.2. The molecule has 0 atom stereocenters. The molecule has 1 aromatic heterocycles. The number of carbonyl (C=O) groups is 3. The Kier molecular flexibility index (Phi) is 5.98. The summed E-state index contributed by atoms with van der Waals surface area (Å²) in [5.41, 5.74) is 2.87. The summed E-state index contributed by atoms with van der Waals surface area (Å²) in [5.74, 6) is -0.225. The quantitative estimate of drug-likeness (QED) is 0.585. The van der Waals surface area contributed by atoms with Gasteiger partial charge in [0, 0.05) is 44.5 Å². The Morgan fingerprint density at radius 2 is 1.72 bits per heavy atom. The van der Waals surface area contributed by atoms with E-state index in [4.69, 9.17) is 0 Å². The van der Waals surface area contributed by atoms with Crippen LogP contribution in [0.3, 0.4) is 0 Å². The van der Waals surface area contributed by atoms with Gasteiger partial charge in [-0.15, -0.1) is 0 Å². The summed E-state index contributed by atoms with van der Waals surface area (Å²) >= 11 is 0. The van der Waals surface area contributed by atoms with Crippen molar-refractivity contribution in [3.05, 3.63) is 94.7 Å². The number of hydrogen-bond donors (Lipinski definition) is 1. The van der Waals surface area contributed by atoms with Crippen LogP contribution in [0.5, 0.6) is 0 Å². The molecule has 0 fully saturated rings. The third-order valence-electron chi connectivity index (χ3n) is 5.43. The zero-order valence-electron chi connectivity index (χ0n) is 18.0. The Morgan fingerprint density at radius 1 is 0.969 bits per heavy atom. The van der Waals surface area contributed by atoms with E-state index in [-0.39, 0.29) is 23.3 Å². The maximum absolute atomic E-state index is 12.9. The van der Waals surface area contributed by atoms with E-state index in [2.05, 4.69) is 10.3 Å². The van der Waals surface area contributed by atoms with E-state index < -0.39 is 0 Å². The Balaban J connectivity index is 1.46. The molecule has 32 heavy (non-hydrogen) atoms. The van der Waals surface area contributed by atoms with E-state index in [9.17, 15) is 14.4 Å². The van der Waals surface area contributed by atoms with E-state index >= 15 is 0 Å². The summed E-state index contributed by atoms with van der Waals surface area (Å²) in [6.07, 6.45) is 2.28. The lowest BCUT2D eigenvalue weighted by atomic mass is 10.1. The van der Waals surface area contributed by atoms with Crippen molar-refractivity contribution in [3.63, 3.8) is 0 Å². The molecule has 1 N–H and O–H groups in total. The molecule has 0 aliphatic carbocycles. The number of anilines is 1. The number of nitrogens with zero attached hydrogens (tertiary/aromatic N) is 3. The monoisotopic (exact) mass is 428 g/mol. The molecule has 162 valence electrons. The van der Waals surface area contributed by atoms with Crippen LogP contribution in [0.1, 0.15) is 42.2 Å². The first kappa shape index (κ1) is 21.2. The van der Waals surface area contributed by atoms with E-state index in [1.54, 1.807) is 18.3 Å². The number of carbonyl (C=O) groups excluding carboxylic acids is 3. The van der Waals surface area contributed by atoms with Gasteiger partial charge in [0.15, 0.2) is 0 Å². The largest absolute Gasteiger partial charge is 0.362 e. The van der Waals surface area contributed by atoms with E-state index in [0.29, 0.717) is 30.6 Å². The Bertz CT molecular complexity index is 1170. The Morgan fingerprint density at radius 3 is 2.47 bits per heavy atom. The minimum Gasteiger partial charge on any atom is -0.362 e. The lowest BCUT2D eigenvalue weighted by Crippen LogP contribution is -2.31. The second kappa shape index (κ2) is 9.01. The molecule has 4 rings (SSSR count). The van der Waals surface area contributed by atoms with Crippen LogP contribution >= 0.6 is 0 Å². The van der Waals surface area contributed by atoms with E-state index in [0.717, 1.165) is 16.9 Å². The number of hydrogen-bond acceptors (Lipinski definition) is 5. The summed E-state index contributed by atoms with van der Waals surface area (Å²) in [7, 11) is 3.78. The molecule has 7 nitrogen and oxygen atoms in total. The summed E-state index contributed by atoms with van der Waals surface area (Å²) in [6.45, 7) is 0.597. The zero-order chi connectivity index (χ0) is 22.7. The van der Waals surface area contributed by atoms with Crippen molar-refractivity contribution in [2.75, 3.05) is 25.5 Å². The highest BCUT2D eigenvalue weighted by Gasteiger charge is 2.35. The second-order valence-corrected chi connectivity index (χ2v) is 7.82. The molecule has 0 saturated heterocycles. The lowest BCUT2D eigenvalue weighted by molar-refractivity contribution is 0.0656. The summed E-state index contributed by atoms with van der Waals surface area (Å²) in [6, 6.07) is 18.1. The average Bonchev–Trinajstić information content (AvgIpc) is 3.05. The molecule has 0 bridgehead atoms. The van der Waals surface area contributed by atoms with Crippen molar-refractivity contribution in [1.82, 2.24) is 15.2 Å². The topological polar surface area (TPSA) is 82.6 Å².